The molecule has 23 heavy (non-hydrogen) atoms. The number of nitrogens with zero attached hydrogens (tertiary/aromatic N) is 2. The van der Waals surface area contributed by atoms with Gasteiger partial charge >= 0.3 is 0 Å². The van der Waals surface area contributed by atoms with Crippen LogP contribution in [0.15, 0.2) is 60.9 Å². The fourth-order valence-electron chi connectivity index (χ4n) is 2.76. The third kappa shape index (κ3) is 2.73. The number of hydrogen-bond donors (Lipinski definition) is 2. The number of nitrogens with one attached hydrogen (secondary N) is 2. The van der Waals surface area contributed by atoms with Gasteiger partial charge in [0.15, 0.2) is 5.82 Å². The molecule has 2 aromatic carbocycles. The quantitative estimate of drug-likeness (QED) is 0.576. The van der Waals surface area contributed by atoms with E-state index >= 15 is 0 Å². The number of para-hydroxylation sites is 1. The number of benzene rings is 2. The molecule has 0 fully saturated rings. The van der Waals surface area contributed by atoms with Crippen LogP contribution in [-0.4, -0.2) is 15.0 Å². The predicted octanol–water partition coefficient (Wildman–Crippen LogP) is 4.66. The molecule has 0 amide bonds. The van der Waals surface area contributed by atoms with Crippen molar-refractivity contribution in [3.63, 3.8) is 0 Å². The highest BCUT2D eigenvalue weighted by molar-refractivity contribution is 5.98. The van der Waals surface area contributed by atoms with E-state index in [1.54, 1.807) is 6.33 Å². The zero-order valence-corrected chi connectivity index (χ0v) is 13.5. The van der Waals surface area contributed by atoms with Crippen LogP contribution in [0.1, 0.15) is 18.5 Å². The highest BCUT2D eigenvalue weighted by Gasteiger charge is 2.18. The van der Waals surface area contributed by atoms with E-state index in [1.165, 1.54) is 5.56 Å². The van der Waals surface area contributed by atoms with Crippen LogP contribution < -0.4 is 5.32 Å². The van der Waals surface area contributed by atoms with Crippen molar-refractivity contribution in [3.05, 3.63) is 66.5 Å². The zero-order chi connectivity index (χ0) is 14.9. The van der Waals surface area contributed by atoms with E-state index in [4.69, 9.17) is 4.98 Å². The summed E-state index contributed by atoms with van der Waals surface area (Å²) >= 11 is 0. The predicted molar refractivity (Wildman–Crippen MR) is 96.2 cm³/mol. The SMILES string of the molecule is C[C@@H](Nc1nc[nH]c2c3ccccc3nc1-2)c1ccccc1.Cl. The van der Waals surface area contributed by atoms with Crippen LogP contribution in [0.5, 0.6) is 0 Å². The minimum atomic E-state index is 0. The molecule has 0 aliphatic carbocycles. The molecule has 2 aliphatic rings. The molecule has 0 bridgehead atoms. The molecular formula is C18H17ClN4. The molecule has 0 saturated heterocycles. The third-order valence-electron chi connectivity index (χ3n) is 3.92. The fraction of sp³-hybridized carbons (Fsp3) is 0.111. The van der Waals surface area contributed by atoms with Gasteiger partial charge < -0.3 is 10.3 Å². The normalized spacial score (nSPS) is 12.0. The van der Waals surface area contributed by atoms with Gasteiger partial charge in [-0.25, -0.2) is 9.97 Å². The average Bonchev–Trinajstić information content (AvgIpc) is 2.95. The Hall–Kier alpha value is -2.59. The molecule has 2 N–H and O–H groups in total. The Bertz CT molecular complexity index is 888. The van der Waals surface area contributed by atoms with Crippen molar-refractivity contribution < 1.29 is 0 Å². The van der Waals surface area contributed by atoms with Crippen molar-refractivity contribution >= 4 is 29.1 Å². The maximum Gasteiger partial charge on any atom is 0.156 e. The summed E-state index contributed by atoms with van der Waals surface area (Å²) < 4.78 is 0. The van der Waals surface area contributed by atoms with Gasteiger partial charge in [0.05, 0.1) is 23.6 Å². The first-order valence-electron chi connectivity index (χ1n) is 7.36. The van der Waals surface area contributed by atoms with Crippen LogP contribution in [0.25, 0.3) is 22.3 Å². The number of H-pyrrole nitrogens is 1. The lowest BCUT2D eigenvalue weighted by Gasteiger charge is -2.16. The van der Waals surface area contributed by atoms with Crippen molar-refractivity contribution in [2.45, 2.75) is 13.0 Å². The monoisotopic (exact) mass is 324 g/mol. The van der Waals surface area contributed by atoms with Crippen LogP contribution in [0.2, 0.25) is 0 Å². The highest BCUT2D eigenvalue weighted by Crippen LogP contribution is 2.34. The van der Waals surface area contributed by atoms with E-state index in [0.717, 1.165) is 28.1 Å². The van der Waals surface area contributed by atoms with E-state index < -0.39 is 0 Å². The number of halogens is 1. The van der Waals surface area contributed by atoms with Crippen molar-refractivity contribution in [1.29, 1.82) is 0 Å². The van der Waals surface area contributed by atoms with Gasteiger partial charge in [-0.05, 0) is 18.6 Å². The Balaban J connectivity index is 0.00000156. The summed E-state index contributed by atoms with van der Waals surface area (Å²) in [5, 5.41) is 4.59. The number of hydrogen-bond acceptors (Lipinski definition) is 3. The van der Waals surface area contributed by atoms with Crippen LogP contribution in [0.4, 0.5) is 5.82 Å². The van der Waals surface area contributed by atoms with E-state index in [-0.39, 0.29) is 18.4 Å². The molecule has 0 aromatic heterocycles. The minimum absolute atomic E-state index is 0. The molecule has 1 atom stereocenters. The minimum Gasteiger partial charge on any atom is -0.362 e. The van der Waals surface area contributed by atoms with Gasteiger partial charge in [-0.3, -0.25) is 0 Å². The second kappa shape index (κ2) is 6.26. The second-order valence-corrected chi connectivity index (χ2v) is 5.38. The molecule has 2 heterocycles. The van der Waals surface area contributed by atoms with Crippen LogP contribution in [-0.2, 0) is 0 Å². The number of aromatic nitrogens is 3. The first-order valence-corrected chi connectivity index (χ1v) is 7.36. The van der Waals surface area contributed by atoms with Crippen molar-refractivity contribution in [2.24, 2.45) is 0 Å². The largest absolute Gasteiger partial charge is 0.362 e. The van der Waals surface area contributed by atoms with Gasteiger partial charge in [-0.2, -0.15) is 0 Å². The lowest BCUT2D eigenvalue weighted by molar-refractivity contribution is 0.871. The molecule has 0 radical (unpaired) electrons. The van der Waals surface area contributed by atoms with Crippen LogP contribution >= 0.6 is 12.4 Å². The summed E-state index contributed by atoms with van der Waals surface area (Å²) in [5.41, 5.74) is 4.11. The number of fused-ring (bicyclic) bond motifs is 3. The highest BCUT2D eigenvalue weighted by atomic mass is 35.5. The van der Waals surface area contributed by atoms with Crippen molar-refractivity contribution in [1.82, 2.24) is 15.0 Å². The molecule has 0 unspecified atom stereocenters. The lowest BCUT2D eigenvalue weighted by Crippen LogP contribution is -2.09. The standard InChI is InChI=1S/C18H16N4.ClH/c1-12(13-7-3-2-4-8-13)21-18-17-16(19-11-20-18)14-9-5-6-10-15(14)22-17;/h2-12,21H,1H3,(H,19,20);1H/t12-;/m1./s1. The number of anilines is 1. The first-order chi connectivity index (χ1) is 10.8. The molecule has 116 valence electrons. The summed E-state index contributed by atoms with van der Waals surface area (Å²) in [7, 11) is 0. The molecule has 4 rings (SSSR count). The van der Waals surface area contributed by atoms with E-state index in [9.17, 15) is 0 Å². The number of aromatic amines is 1. The second-order valence-electron chi connectivity index (χ2n) is 5.38. The van der Waals surface area contributed by atoms with Gasteiger partial charge in [-0.1, -0.05) is 48.5 Å². The molecular weight excluding hydrogens is 308 g/mol. The lowest BCUT2D eigenvalue weighted by atomic mass is 10.1. The summed E-state index contributed by atoms with van der Waals surface area (Å²) in [6.45, 7) is 2.13. The summed E-state index contributed by atoms with van der Waals surface area (Å²) in [4.78, 5) is 12.4. The Morgan fingerprint density at radius 1 is 1.00 bits per heavy atom. The molecule has 4 nitrogen and oxygen atoms in total. The Morgan fingerprint density at radius 2 is 1.74 bits per heavy atom. The van der Waals surface area contributed by atoms with E-state index in [2.05, 4.69) is 40.4 Å². The summed E-state index contributed by atoms with van der Waals surface area (Å²) in [5.74, 6) is 0.807. The number of rotatable bonds is 3. The smallest absolute Gasteiger partial charge is 0.156 e. The molecule has 0 saturated carbocycles. The van der Waals surface area contributed by atoms with E-state index in [1.807, 2.05) is 36.4 Å². The molecule has 2 aliphatic heterocycles. The Kier molecular flexibility index (Phi) is 4.17. The van der Waals surface area contributed by atoms with Gasteiger partial charge in [-0.15, -0.1) is 12.4 Å². The average molecular weight is 325 g/mol. The molecule has 0 spiro atoms. The van der Waals surface area contributed by atoms with Gasteiger partial charge in [0, 0.05) is 5.39 Å². The van der Waals surface area contributed by atoms with Gasteiger partial charge in [0.25, 0.3) is 0 Å². The Morgan fingerprint density at radius 3 is 2.57 bits per heavy atom. The topological polar surface area (TPSA) is 53.6 Å². The Labute approximate surface area is 140 Å². The van der Waals surface area contributed by atoms with Crippen LogP contribution in [0, 0.1) is 0 Å². The fourth-order valence-corrected chi connectivity index (χ4v) is 2.76. The summed E-state index contributed by atoms with van der Waals surface area (Å²) in [6, 6.07) is 18.6. The van der Waals surface area contributed by atoms with Crippen LogP contribution in [0.3, 0.4) is 0 Å². The maximum absolute atomic E-state index is 4.71. The maximum atomic E-state index is 4.71. The van der Waals surface area contributed by atoms with Crippen molar-refractivity contribution in [3.8, 4) is 11.4 Å². The van der Waals surface area contributed by atoms with Crippen molar-refractivity contribution in [2.75, 3.05) is 5.32 Å². The van der Waals surface area contributed by atoms with Gasteiger partial charge in [0.1, 0.15) is 5.69 Å². The molecule has 5 heteroatoms. The summed E-state index contributed by atoms with van der Waals surface area (Å²) in [6.07, 6.45) is 1.72. The molecule has 2 aromatic rings. The first kappa shape index (κ1) is 15.3. The zero-order valence-electron chi connectivity index (χ0n) is 12.7. The van der Waals surface area contributed by atoms with E-state index in [0.29, 0.717) is 0 Å². The van der Waals surface area contributed by atoms with Gasteiger partial charge in [0.2, 0.25) is 0 Å². The third-order valence-corrected chi connectivity index (χ3v) is 3.92.